The first-order valence-electron chi connectivity index (χ1n) is 5.98. The molecule has 106 valence electrons. The van der Waals surface area contributed by atoms with Crippen LogP contribution in [0.25, 0.3) is 22.8 Å². The SMILES string of the molecule is Cc1occc1-c1noc(-c2cc([N+](=O)[O-])ccc2N)n1. The van der Waals surface area contributed by atoms with Gasteiger partial charge in [-0.2, -0.15) is 4.98 Å². The van der Waals surface area contributed by atoms with Gasteiger partial charge in [0, 0.05) is 17.8 Å². The van der Waals surface area contributed by atoms with Crippen LogP contribution in [-0.2, 0) is 0 Å². The largest absolute Gasteiger partial charge is 0.469 e. The first-order chi connectivity index (χ1) is 10.1. The Balaban J connectivity index is 2.06. The van der Waals surface area contributed by atoms with Gasteiger partial charge >= 0.3 is 0 Å². The van der Waals surface area contributed by atoms with Gasteiger partial charge in [0.1, 0.15) is 5.76 Å². The summed E-state index contributed by atoms with van der Waals surface area (Å²) in [6, 6.07) is 5.76. The van der Waals surface area contributed by atoms with Crippen LogP contribution >= 0.6 is 0 Å². The van der Waals surface area contributed by atoms with Crippen LogP contribution in [0, 0.1) is 17.0 Å². The number of nitrogen functional groups attached to an aromatic ring is 1. The molecule has 2 aromatic heterocycles. The lowest BCUT2D eigenvalue weighted by atomic mass is 10.1. The zero-order chi connectivity index (χ0) is 15.0. The number of furan rings is 1. The number of aryl methyl sites for hydroxylation is 1. The molecule has 0 atom stereocenters. The fourth-order valence-corrected chi connectivity index (χ4v) is 1.90. The number of nitrogens with zero attached hydrogens (tertiary/aromatic N) is 3. The molecule has 3 rings (SSSR count). The van der Waals surface area contributed by atoms with E-state index < -0.39 is 4.92 Å². The van der Waals surface area contributed by atoms with E-state index in [0.29, 0.717) is 28.4 Å². The first-order valence-corrected chi connectivity index (χ1v) is 5.98. The molecule has 2 heterocycles. The Bertz CT molecular complexity index is 821. The van der Waals surface area contributed by atoms with Gasteiger partial charge in [0.15, 0.2) is 0 Å². The van der Waals surface area contributed by atoms with E-state index in [1.807, 2.05) is 0 Å². The van der Waals surface area contributed by atoms with Crippen molar-refractivity contribution in [2.24, 2.45) is 0 Å². The predicted molar refractivity (Wildman–Crippen MR) is 73.2 cm³/mol. The number of nitro groups is 1. The fraction of sp³-hybridized carbons (Fsp3) is 0.0769. The summed E-state index contributed by atoms with van der Waals surface area (Å²) in [4.78, 5) is 14.5. The third-order valence-corrected chi connectivity index (χ3v) is 3.00. The summed E-state index contributed by atoms with van der Waals surface area (Å²) in [6.07, 6.45) is 1.52. The molecule has 1 aromatic carbocycles. The van der Waals surface area contributed by atoms with Crippen LogP contribution in [0.3, 0.4) is 0 Å². The van der Waals surface area contributed by atoms with Gasteiger partial charge in [0.25, 0.3) is 11.6 Å². The summed E-state index contributed by atoms with van der Waals surface area (Å²) >= 11 is 0. The van der Waals surface area contributed by atoms with Gasteiger partial charge in [0.2, 0.25) is 5.82 Å². The van der Waals surface area contributed by atoms with E-state index in [2.05, 4.69) is 10.1 Å². The van der Waals surface area contributed by atoms with Crippen LogP contribution in [0.2, 0.25) is 0 Å². The number of non-ortho nitro benzene ring substituents is 1. The zero-order valence-electron chi connectivity index (χ0n) is 10.9. The number of aromatic nitrogens is 2. The molecule has 0 saturated carbocycles. The number of nitrogens with two attached hydrogens (primary N) is 1. The van der Waals surface area contributed by atoms with Crippen LogP contribution in [0.1, 0.15) is 5.76 Å². The molecular formula is C13H10N4O4. The highest BCUT2D eigenvalue weighted by Crippen LogP contribution is 2.30. The normalized spacial score (nSPS) is 10.7. The standard InChI is InChI=1S/C13H10N4O4/c1-7-9(4-5-20-7)12-15-13(21-16-12)10-6-8(17(18)19)2-3-11(10)14/h2-6H,14H2,1H3. The minimum atomic E-state index is -0.513. The smallest absolute Gasteiger partial charge is 0.270 e. The van der Waals surface area contributed by atoms with Crippen LogP contribution in [0.15, 0.2) is 39.5 Å². The number of anilines is 1. The second-order valence-electron chi connectivity index (χ2n) is 4.34. The van der Waals surface area contributed by atoms with E-state index >= 15 is 0 Å². The van der Waals surface area contributed by atoms with E-state index in [4.69, 9.17) is 14.7 Å². The number of hydrogen-bond donors (Lipinski definition) is 1. The van der Waals surface area contributed by atoms with E-state index in [0.717, 1.165) is 0 Å². The molecule has 3 aromatic rings. The molecule has 0 amide bonds. The predicted octanol–water partition coefficient (Wildman–Crippen LogP) is 2.80. The molecule has 8 nitrogen and oxygen atoms in total. The number of benzene rings is 1. The molecule has 0 bridgehead atoms. The van der Waals surface area contributed by atoms with E-state index in [1.54, 1.807) is 13.0 Å². The second kappa shape index (κ2) is 4.75. The van der Waals surface area contributed by atoms with Crippen molar-refractivity contribution < 1.29 is 13.9 Å². The van der Waals surface area contributed by atoms with Crippen molar-refractivity contribution in [2.45, 2.75) is 6.92 Å². The van der Waals surface area contributed by atoms with Crippen molar-refractivity contribution in [1.82, 2.24) is 10.1 Å². The molecule has 8 heteroatoms. The minimum Gasteiger partial charge on any atom is -0.469 e. The van der Waals surface area contributed by atoms with Gasteiger partial charge in [-0.15, -0.1) is 0 Å². The number of nitro benzene ring substituents is 1. The van der Waals surface area contributed by atoms with Crippen molar-refractivity contribution in [3.63, 3.8) is 0 Å². The van der Waals surface area contributed by atoms with Crippen molar-refractivity contribution in [2.75, 3.05) is 5.73 Å². The highest BCUT2D eigenvalue weighted by Gasteiger charge is 2.18. The maximum atomic E-state index is 10.8. The monoisotopic (exact) mass is 286 g/mol. The van der Waals surface area contributed by atoms with Gasteiger partial charge in [-0.05, 0) is 19.1 Å². The van der Waals surface area contributed by atoms with Crippen molar-refractivity contribution in [1.29, 1.82) is 0 Å². The van der Waals surface area contributed by atoms with E-state index in [9.17, 15) is 10.1 Å². The van der Waals surface area contributed by atoms with Crippen LogP contribution in [0.5, 0.6) is 0 Å². The van der Waals surface area contributed by atoms with Crippen LogP contribution in [-0.4, -0.2) is 15.1 Å². The summed E-state index contributed by atoms with van der Waals surface area (Å²) < 4.78 is 10.3. The fourth-order valence-electron chi connectivity index (χ4n) is 1.90. The van der Waals surface area contributed by atoms with Crippen LogP contribution < -0.4 is 5.73 Å². The molecule has 0 radical (unpaired) electrons. The zero-order valence-corrected chi connectivity index (χ0v) is 10.9. The molecule has 0 aliphatic heterocycles. The van der Waals surface area contributed by atoms with Crippen molar-refractivity contribution in [3.05, 3.63) is 46.4 Å². The molecular weight excluding hydrogens is 276 g/mol. The lowest BCUT2D eigenvalue weighted by molar-refractivity contribution is -0.384. The highest BCUT2D eigenvalue weighted by atomic mass is 16.6. The van der Waals surface area contributed by atoms with Crippen molar-refractivity contribution in [3.8, 4) is 22.8 Å². The Morgan fingerprint density at radius 1 is 1.29 bits per heavy atom. The quantitative estimate of drug-likeness (QED) is 0.446. The highest BCUT2D eigenvalue weighted by molar-refractivity contribution is 5.74. The molecule has 0 aliphatic carbocycles. The summed E-state index contributed by atoms with van der Waals surface area (Å²) in [6.45, 7) is 1.77. The maximum Gasteiger partial charge on any atom is 0.270 e. The first kappa shape index (κ1) is 12.9. The van der Waals surface area contributed by atoms with Gasteiger partial charge in [0.05, 0.1) is 22.3 Å². The Labute approximate surface area is 118 Å². The topological polar surface area (TPSA) is 121 Å². The molecule has 2 N–H and O–H groups in total. The minimum absolute atomic E-state index is 0.0987. The Morgan fingerprint density at radius 2 is 2.10 bits per heavy atom. The Hall–Kier alpha value is -3.16. The van der Waals surface area contributed by atoms with Gasteiger partial charge in [-0.1, -0.05) is 5.16 Å². The second-order valence-corrected chi connectivity index (χ2v) is 4.34. The summed E-state index contributed by atoms with van der Waals surface area (Å²) in [5.41, 5.74) is 7.04. The van der Waals surface area contributed by atoms with Crippen molar-refractivity contribution >= 4 is 11.4 Å². The third kappa shape index (κ3) is 2.22. The molecule has 0 fully saturated rings. The third-order valence-electron chi connectivity index (χ3n) is 3.00. The van der Waals surface area contributed by atoms with Gasteiger partial charge in [-0.25, -0.2) is 0 Å². The van der Waals surface area contributed by atoms with E-state index in [-0.39, 0.29) is 11.6 Å². The van der Waals surface area contributed by atoms with Gasteiger partial charge in [-0.3, -0.25) is 10.1 Å². The van der Waals surface area contributed by atoms with Gasteiger partial charge < -0.3 is 14.7 Å². The summed E-state index contributed by atoms with van der Waals surface area (Å²) in [7, 11) is 0. The summed E-state index contributed by atoms with van der Waals surface area (Å²) in [5, 5.41) is 14.7. The molecule has 0 aliphatic rings. The lowest BCUT2D eigenvalue weighted by Crippen LogP contribution is -1.94. The molecule has 0 spiro atoms. The van der Waals surface area contributed by atoms with Crippen LogP contribution in [0.4, 0.5) is 11.4 Å². The Morgan fingerprint density at radius 3 is 2.76 bits per heavy atom. The lowest BCUT2D eigenvalue weighted by Gasteiger charge is -1.99. The maximum absolute atomic E-state index is 10.8. The molecule has 21 heavy (non-hydrogen) atoms. The summed E-state index contributed by atoms with van der Waals surface area (Å²) in [5.74, 6) is 1.10. The molecule has 0 unspecified atom stereocenters. The number of hydrogen-bond acceptors (Lipinski definition) is 7. The molecule has 0 saturated heterocycles. The van der Waals surface area contributed by atoms with E-state index in [1.165, 1.54) is 24.5 Å². The average molecular weight is 286 g/mol. The Kier molecular flexibility index (Phi) is 2.90. The number of rotatable bonds is 3. The average Bonchev–Trinajstić information content (AvgIpc) is 3.07.